The Labute approximate surface area is 105 Å². The van der Waals surface area contributed by atoms with E-state index in [1.807, 2.05) is 0 Å². The van der Waals surface area contributed by atoms with E-state index in [0.717, 1.165) is 25.4 Å². The van der Waals surface area contributed by atoms with E-state index in [1.54, 1.807) is 14.2 Å². The van der Waals surface area contributed by atoms with Crippen molar-refractivity contribution in [1.29, 1.82) is 0 Å². The van der Waals surface area contributed by atoms with Crippen LogP contribution in [0.15, 0.2) is 0 Å². The van der Waals surface area contributed by atoms with Gasteiger partial charge >= 0.3 is 0 Å². The second-order valence-electron chi connectivity index (χ2n) is 4.60. The standard InChI is InChI=1S/C12H25NO2S/c1-4-5-10(9-16)6-13-7-11(14-2)12(8-13)15-3/h10-12,16H,4-9H2,1-3H3. The number of likely N-dealkylation sites (tertiary alicyclic amines) is 1. The summed E-state index contributed by atoms with van der Waals surface area (Å²) in [5.74, 6) is 1.67. The normalized spacial score (nSPS) is 28.5. The third kappa shape index (κ3) is 3.91. The van der Waals surface area contributed by atoms with E-state index in [9.17, 15) is 0 Å². The highest BCUT2D eigenvalue weighted by atomic mass is 32.1. The molecule has 0 radical (unpaired) electrons. The molecule has 16 heavy (non-hydrogen) atoms. The molecule has 96 valence electrons. The quantitative estimate of drug-likeness (QED) is 0.692. The van der Waals surface area contributed by atoms with Gasteiger partial charge in [0.05, 0.1) is 12.2 Å². The van der Waals surface area contributed by atoms with Crippen molar-refractivity contribution in [2.75, 3.05) is 39.6 Å². The maximum Gasteiger partial charge on any atom is 0.0971 e. The molecule has 1 aliphatic heterocycles. The van der Waals surface area contributed by atoms with Crippen LogP contribution in [0.4, 0.5) is 0 Å². The summed E-state index contributed by atoms with van der Waals surface area (Å²) in [4.78, 5) is 2.44. The molecule has 0 aromatic heterocycles. The second-order valence-corrected chi connectivity index (χ2v) is 4.97. The maximum atomic E-state index is 5.43. The molecule has 0 spiro atoms. The molecule has 4 heteroatoms. The van der Waals surface area contributed by atoms with Crippen LogP contribution in [0.3, 0.4) is 0 Å². The molecule has 0 N–H and O–H groups in total. The van der Waals surface area contributed by atoms with Crippen molar-refractivity contribution >= 4 is 12.6 Å². The SMILES string of the molecule is CCCC(CS)CN1CC(OC)C(OC)C1. The summed E-state index contributed by atoms with van der Waals surface area (Å²) in [6.45, 7) is 5.33. The van der Waals surface area contributed by atoms with Crippen molar-refractivity contribution in [1.82, 2.24) is 4.90 Å². The summed E-state index contributed by atoms with van der Waals surface area (Å²) in [5, 5.41) is 0. The topological polar surface area (TPSA) is 21.7 Å². The summed E-state index contributed by atoms with van der Waals surface area (Å²) < 4.78 is 10.9. The molecule has 0 aliphatic carbocycles. The molecule has 1 rings (SSSR count). The Bertz CT molecular complexity index is 180. The van der Waals surface area contributed by atoms with Crippen molar-refractivity contribution in [2.45, 2.75) is 32.0 Å². The predicted molar refractivity (Wildman–Crippen MR) is 70.3 cm³/mol. The summed E-state index contributed by atoms with van der Waals surface area (Å²) in [7, 11) is 3.53. The van der Waals surface area contributed by atoms with E-state index in [2.05, 4.69) is 24.5 Å². The van der Waals surface area contributed by atoms with Crippen LogP contribution in [-0.2, 0) is 9.47 Å². The molecule has 0 amide bonds. The molecule has 0 aromatic carbocycles. The van der Waals surface area contributed by atoms with Gasteiger partial charge in [0.25, 0.3) is 0 Å². The first-order valence-electron chi connectivity index (χ1n) is 6.13. The summed E-state index contributed by atoms with van der Waals surface area (Å²) in [6.07, 6.45) is 2.95. The highest BCUT2D eigenvalue weighted by Gasteiger charge is 2.33. The molecule has 0 aromatic rings. The smallest absolute Gasteiger partial charge is 0.0971 e. The zero-order valence-corrected chi connectivity index (χ0v) is 11.6. The number of nitrogens with zero attached hydrogens (tertiary/aromatic N) is 1. The van der Waals surface area contributed by atoms with Gasteiger partial charge in [0.15, 0.2) is 0 Å². The van der Waals surface area contributed by atoms with E-state index >= 15 is 0 Å². The molecule has 0 bridgehead atoms. The molecular weight excluding hydrogens is 222 g/mol. The van der Waals surface area contributed by atoms with Crippen molar-refractivity contribution in [3.63, 3.8) is 0 Å². The number of ether oxygens (including phenoxy) is 2. The Morgan fingerprint density at radius 3 is 2.19 bits per heavy atom. The Morgan fingerprint density at radius 1 is 1.25 bits per heavy atom. The minimum Gasteiger partial charge on any atom is -0.377 e. The molecule has 3 unspecified atom stereocenters. The maximum absolute atomic E-state index is 5.43. The number of thiol groups is 1. The van der Waals surface area contributed by atoms with Crippen molar-refractivity contribution in [2.24, 2.45) is 5.92 Å². The van der Waals surface area contributed by atoms with E-state index in [1.165, 1.54) is 12.8 Å². The highest BCUT2D eigenvalue weighted by Crippen LogP contribution is 2.19. The monoisotopic (exact) mass is 247 g/mol. The van der Waals surface area contributed by atoms with E-state index in [-0.39, 0.29) is 12.2 Å². The number of methoxy groups -OCH3 is 2. The summed E-state index contributed by atoms with van der Waals surface area (Å²) in [6, 6.07) is 0. The zero-order valence-electron chi connectivity index (χ0n) is 10.7. The zero-order chi connectivity index (χ0) is 12.0. The van der Waals surface area contributed by atoms with Crippen LogP contribution in [0.5, 0.6) is 0 Å². The third-order valence-corrected chi connectivity index (χ3v) is 3.88. The Kier molecular flexibility index (Phi) is 6.73. The number of hydrogen-bond donors (Lipinski definition) is 1. The minimum absolute atomic E-state index is 0.229. The van der Waals surface area contributed by atoms with Gasteiger partial charge in [-0.05, 0) is 18.1 Å². The van der Waals surface area contributed by atoms with Crippen molar-refractivity contribution in [3.05, 3.63) is 0 Å². The lowest BCUT2D eigenvalue weighted by Crippen LogP contribution is -2.29. The fourth-order valence-corrected chi connectivity index (χ4v) is 2.73. The molecule has 3 atom stereocenters. The van der Waals surface area contributed by atoms with E-state index < -0.39 is 0 Å². The van der Waals surface area contributed by atoms with Gasteiger partial charge in [-0.2, -0.15) is 12.6 Å². The summed E-state index contributed by atoms with van der Waals surface area (Å²) in [5.41, 5.74) is 0. The molecule has 1 saturated heterocycles. The lowest BCUT2D eigenvalue weighted by molar-refractivity contribution is -0.00461. The van der Waals surface area contributed by atoms with Crippen LogP contribution >= 0.6 is 12.6 Å². The minimum atomic E-state index is 0.229. The first kappa shape index (κ1) is 14.3. The Balaban J connectivity index is 2.38. The van der Waals surface area contributed by atoms with Gasteiger partial charge in [-0.1, -0.05) is 13.3 Å². The average molecular weight is 247 g/mol. The molecule has 3 nitrogen and oxygen atoms in total. The lowest BCUT2D eigenvalue weighted by atomic mass is 10.1. The van der Waals surface area contributed by atoms with Crippen LogP contribution < -0.4 is 0 Å². The molecule has 0 saturated carbocycles. The molecule has 1 heterocycles. The number of rotatable bonds is 7. The van der Waals surface area contributed by atoms with Crippen LogP contribution in [0, 0.1) is 5.92 Å². The Hall–Kier alpha value is 0.230. The molecular formula is C12H25NO2S. The van der Waals surface area contributed by atoms with Gasteiger partial charge in [-0.25, -0.2) is 0 Å². The van der Waals surface area contributed by atoms with Gasteiger partial charge in [0, 0.05) is 33.9 Å². The predicted octanol–water partition coefficient (Wildman–Crippen LogP) is 1.68. The van der Waals surface area contributed by atoms with Gasteiger partial charge in [-0.15, -0.1) is 0 Å². The summed E-state index contributed by atoms with van der Waals surface area (Å²) >= 11 is 4.42. The lowest BCUT2D eigenvalue weighted by Gasteiger charge is -2.21. The molecule has 1 fully saturated rings. The van der Waals surface area contributed by atoms with Gasteiger partial charge < -0.3 is 9.47 Å². The first-order valence-corrected chi connectivity index (χ1v) is 6.77. The molecule has 1 aliphatic rings. The first-order chi connectivity index (χ1) is 7.74. The van der Waals surface area contributed by atoms with Crippen LogP contribution in [0.1, 0.15) is 19.8 Å². The number of hydrogen-bond acceptors (Lipinski definition) is 4. The van der Waals surface area contributed by atoms with Gasteiger partial charge in [0.1, 0.15) is 0 Å². The van der Waals surface area contributed by atoms with Crippen molar-refractivity contribution in [3.8, 4) is 0 Å². The van der Waals surface area contributed by atoms with Crippen LogP contribution in [-0.4, -0.2) is 56.7 Å². The van der Waals surface area contributed by atoms with Crippen molar-refractivity contribution < 1.29 is 9.47 Å². The third-order valence-electron chi connectivity index (χ3n) is 3.37. The fraction of sp³-hybridized carbons (Fsp3) is 1.00. The van der Waals surface area contributed by atoms with Crippen LogP contribution in [0.2, 0.25) is 0 Å². The van der Waals surface area contributed by atoms with E-state index in [0.29, 0.717) is 5.92 Å². The van der Waals surface area contributed by atoms with Gasteiger partial charge in [-0.3, -0.25) is 4.90 Å². The van der Waals surface area contributed by atoms with Crippen LogP contribution in [0.25, 0.3) is 0 Å². The highest BCUT2D eigenvalue weighted by molar-refractivity contribution is 7.80. The largest absolute Gasteiger partial charge is 0.377 e. The van der Waals surface area contributed by atoms with E-state index in [4.69, 9.17) is 9.47 Å². The van der Waals surface area contributed by atoms with Gasteiger partial charge in [0.2, 0.25) is 0 Å². The Morgan fingerprint density at radius 2 is 1.81 bits per heavy atom. The average Bonchev–Trinajstić information content (AvgIpc) is 2.70. The fourth-order valence-electron chi connectivity index (χ4n) is 2.43. The second kappa shape index (κ2) is 7.54.